The molecule has 2 heterocycles. The molecule has 0 amide bonds. The molecule has 0 atom stereocenters. The summed E-state index contributed by atoms with van der Waals surface area (Å²) in [4.78, 5) is 13.4. The summed E-state index contributed by atoms with van der Waals surface area (Å²) in [6.07, 6.45) is 1.82. The minimum Gasteiger partial charge on any atom is -0.476 e. The second kappa shape index (κ2) is 8.31. The van der Waals surface area contributed by atoms with E-state index in [4.69, 9.17) is 13.9 Å². The molecule has 0 aliphatic heterocycles. The zero-order valence-electron chi connectivity index (χ0n) is 16.8. The highest BCUT2D eigenvalue weighted by molar-refractivity contribution is 5.78. The van der Waals surface area contributed by atoms with E-state index in [2.05, 4.69) is 21.9 Å². The highest BCUT2D eigenvalue weighted by Crippen LogP contribution is 2.31. The van der Waals surface area contributed by atoms with E-state index in [1.807, 2.05) is 62.4 Å². The van der Waals surface area contributed by atoms with Crippen molar-refractivity contribution in [2.24, 2.45) is 0 Å². The van der Waals surface area contributed by atoms with Crippen LogP contribution < -0.4 is 9.47 Å². The van der Waals surface area contributed by atoms with Crippen LogP contribution in [0, 0.1) is 6.92 Å². The molecule has 0 N–H and O–H groups in total. The predicted molar refractivity (Wildman–Crippen MR) is 111 cm³/mol. The lowest BCUT2D eigenvalue weighted by atomic mass is 10.1. The molecule has 2 aromatic carbocycles. The van der Waals surface area contributed by atoms with Gasteiger partial charge in [-0.2, -0.15) is 9.97 Å². The molecule has 6 heteroatoms. The number of rotatable bonds is 7. The highest BCUT2D eigenvalue weighted by atomic mass is 16.5. The van der Waals surface area contributed by atoms with Crippen molar-refractivity contribution in [2.75, 3.05) is 6.61 Å². The smallest absolute Gasteiger partial charge is 0.328 e. The van der Waals surface area contributed by atoms with Crippen LogP contribution in [0.2, 0.25) is 0 Å². The monoisotopic (exact) mass is 389 g/mol. The van der Waals surface area contributed by atoms with Gasteiger partial charge in [0.05, 0.1) is 6.61 Å². The van der Waals surface area contributed by atoms with Crippen molar-refractivity contribution in [1.29, 1.82) is 0 Å². The molecular formula is C23H23N3O3. The van der Waals surface area contributed by atoms with Crippen LogP contribution >= 0.6 is 0 Å². The quantitative estimate of drug-likeness (QED) is 0.402. The van der Waals surface area contributed by atoms with Gasteiger partial charge in [-0.05, 0) is 49.6 Å². The van der Waals surface area contributed by atoms with Gasteiger partial charge in [-0.3, -0.25) is 0 Å². The number of aromatic nitrogens is 3. The number of ether oxygens (including phenoxy) is 2. The summed E-state index contributed by atoms with van der Waals surface area (Å²) >= 11 is 0. The molecule has 0 aliphatic rings. The van der Waals surface area contributed by atoms with Crippen molar-refractivity contribution >= 4 is 11.2 Å². The van der Waals surface area contributed by atoms with E-state index in [9.17, 15) is 0 Å². The second-order valence-corrected chi connectivity index (χ2v) is 6.80. The number of aryl methyl sites for hydroxylation is 2. The molecule has 0 saturated heterocycles. The molecule has 0 saturated carbocycles. The van der Waals surface area contributed by atoms with Gasteiger partial charge in [0.2, 0.25) is 5.89 Å². The lowest BCUT2D eigenvalue weighted by molar-refractivity contribution is 0.302. The summed E-state index contributed by atoms with van der Waals surface area (Å²) in [6.45, 7) is 6.69. The standard InChI is InChI=1S/C23H23N3O3/c1-4-13-27-21-19-22(29-20(24-19)17-8-6-7-15(3)14-17)26-23(25-21)28-18-11-9-16(5-2)10-12-18/h6-12,14H,4-5,13H2,1-3H3. The van der Waals surface area contributed by atoms with Crippen LogP contribution in [0.25, 0.3) is 22.7 Å². The van der Waals surface area contributed by atoms with Gasteiger partial charge in [0.15, 0.2) is 5.52 Å². The summed E-state index contributed by atoms with van der Waals surface area (Å²) in [5, 5.41) is 0. The lowest BCUT2D eigenvalue weighted by Crippen LogP contribution is -2.01. The molecule has 0 spiro atoms. The van der Waals surface area contributed by atoms with E-state index < -0.39 is 0 Å². The van der Waals surface area contributed by atoms with E-state index in [1.54, 1.807) is 0 Å². The van der Waals surface area contributed by atoms with Crippen LogP contribution in [-0.4, -0.2) is 21.6 Å². The summed E-state index contributed by atoms with van der Waals surface area (Å²) in [6, 6.07) is 16.0. The third-order valence-corrected chi connectivity index (χ3v) is 4.45. The SMILES string of the molecule is CCCOc1nc(Oc2ccc(CC)cc2)nc2oc(-c3cccc(C)c3)nc12. The Balaban J connectivity index is 1.73. The van der Waals surface area contributed by atoms with Gasteiger partial charge in [-0.1, -0.05) is 43.7 Å². The molecule has 0 aliphatic carbocycles. The summed E-state index contributed by atoms with van der Waals surface area (Å²) < 4.78 is 17.6. The fourth-order valence-electron chi connectivity index (χ4n) is 2.92. The van der Waals surface area contributed by atoms with E-state index in [0.29, 0.717) is 35.4 Å². The Labute approximate surface area is 169 Å². The average molecular weight is 389 g/mol. The van der Waals surface area contributed by atoms with Crippen molar-refractivity contribution in [1.82, 2.24) is 15.0 Å². The number of hydrogen-bond acceptors (Lipinski definition) is 6. The molecule has 6 nitrogen and oxygen atoms in total. The van der Waals surface area contributed by atoms with Gasteiger partial charge in [-0.25, -0.2) is 4.98 Å². The maximum Gasteiger partial charge on any atom is 0.328 e. The third kappa shape index (κ3) is 4.21. The van der Waals surface area contributed by atoms with Crippen molar-refractivity contribution in [3.8, 4) is 29.1 Å². The van der Waals surface area contributed by atoms with Crippen LogP contribution in [0.5, 0.6) is 17.6 Å². The molecule has 4 aromatic rings. The van der Waals surface area contributed by atoms with E-state index in [1.165, 1.54) is 5.56 Å². The van der Waals surface area contributed by atoms with E-state index >= 15 is 0 Å². The molecular weight excluding hydrogens is 366 g/mol. The van der Waals surface area contributed by atoms with Crippen molar-refractivity contribution < 1.29 is 13.9 Å². The number of oxazole rings is 1. The van der Waals surface area contributed by atoms with Crippen molar-refractivity contribution in [3.63, 3.8) is 0 Å². The third-order valence-electron chi connectivity index (χ3n) is 4.45. The maximum atomic E-state index is 5.92. The molecule has 0 unspecified atom stereocenters. The summed E-state index contributed by atoms with van der Waals surface area (Å²) in [5.41, 5.74) is 4.06. The molecule has 29 heavy (non-hydrogen) atoms. The first-order chi connectivity index (χ1) is 14.2. The molecule has 0 radical (unpaired) electrons. The fraction of sp³-hybridized carbons (Fsp3) is 0.261. The Kier molecular flexibility index (Phi) is 5.42. The van der Waals surface area contributed by atoms with Gasteiger partial charge in [0.1, 0.15) is 5.75 Å². The Morgan fingerprint density at radius 1 is 0.966 bits per heavy atom. The minimum absolute atomic E-state index is 0.166. The fourth-order valence-corrected chi connectivity index (χ4v) is 2.92. The van der Waals surface area contributed by atoms with Gasteiger partial charge >= 0.3 is 6.01 Å². The largest absolute Gasteiger partial charge is 0.476 e. The zero-order valence-corrected chi connectivity index (χ0v) is 16.8. The minimum atomic E-state index is 0.166. The van der Waals surface area contributed by atoms with E-state index in [0.717, 1.165) is 24.0 Å². The van der Waals surface area contributed by atoms with Crippen LogP contribution in [0.15, 0.2) is 52.9 Å². The lowest BCUT2D eigenvalue weighted by Gasteiger charge is -2.07. The maximum absolute atomic E-state index is 5.92. The average Bonchev–Trinajstić information content (AvgIpc) is 3.17. The Morgan fingerprint density at radius 2 is 1.79 bits per heavy atom. The van der Waals surface area contributed by atoms with Gasteiger partial charge in [0.25, 0.3) is 11.6 Å². The normalized spacial score (nSPS) is 11.0. The van der Waals surface area contributed by atoms with Gasteiger partial charge in [-0.15, -0.1) is 0 Å². The number of benzene rings is 2. The summed E-state index contributed by atoms with van der Waals surface area (Å²) in [5.74, 6) is 1.49. The van der Waals surface area contributed by atoms with Crippen LogP contribution in [0.3, 0.4) is 0 Å². The molecule has 2 aromatic heterocycles. The molecule has 0 bridgehead atoms. The number of nitrogens with zero attached hydrogens (tertiary/aromatic N) is 3. The molecule has 4 rings (SSSR count). The predicted octanol–water partition coefficient (Wildman–Crippen LogP) is 5.74. The Morgan fingerprint density at radius 3 is 2.52 bits per heavy atom. The van der Waals surface area contributed by atoms with Crippen LogP contribution in [-0.2, 0) is 6.42 Å². The van der Waals surface area contributed by atoms with E-state index in [-0.39, 0.29) is 6.01 Å². The summed E-state index contributed by atoms with van der Waals surface area (Å²) in [7, 11) is 0. The first-order valence-corrected chi connectivity index (χ1v) is 9.81. The first-order valence-electron chi connectivity index (χ1n) is 9.81. The molecule has 148 valence electrons. The Hall–Kier alpha value is -3.41. The van der Waals surface area contributed by atoms with Crippen molar-refractivity contribution in [2.45, 2.75) is 33.6 Å². The van der Waals surface area contributed by atoms with Crippen LogP contribution in [0.4, 0.5) is 0 Å². The topological polar surface area (TPSA) is 70.3 Å². The second-order valence-electron chi connectivity index (χ2n) is 6.80. The number of fused-ring (bicyclic) bond motifs is 1. The highest BCUT2D eigenvalue weighted by Gasteiger charge is 2.18. The molecule has 0 fully saturated rings. The Bertz CT molecular complexity index is 1120. The number of hydrogen-bond donors (Lipinski definition) is 0. The van der Waals surface area contributed by atoms with Crippen molar-refractivity contribution in [3.05, 3.63) is 59.7 Å². The first kappa shape index (κ1) is 18.9. The van der Waals surface area contributed by atoms with Gasteiger partial charge in [0, 0.05) is 5.56 Å². The zero-order chi connectivity index (χ0) is 20.2. The van der Waals surface area contributed by atoms with Crippen LogP contribution in [0.1, 0.15) is 31.4 Å². The van der Waals surface area contributed by atoms with Gasteiger partial charge < -0.3 is 13.9 Å².